The van der Waals surface area contributed by atoms with E-state index in [-0.39, 0.29) is 24.8 Å². The molecule has 1 aliphatic carbocycles. The van der Waals surface area contributed by atoms with E-state index in [1.165, 1.54) is 15.0 Å². The number of para-hydroxylation sites is 1. The second-order valence-electron chi connectivity index (χ2n) is 3.20. The van der Waals surface area contributed by atoms with Gasteiger partial charge in [0.1, 0.15) is 0 Å². The molecule has 2 rings (SSSR count). The molecule has 0 aromatic heterocycles. The maximum absolute atomic E-state index is 5.34. The van der Waals surface area contributed by atoms with Crippen molar-refractivity contribution in [1.29, 1.82) is 0 Å². The number of rotatable bonds is 2. The Morgan fingerprint density at radius 2 is 1.88 bits per heavy atom. The van der Waals surface area contributed by atoms with Gasteiger partial charge in [0, 0.05) is 0 Å². The van der Waals surface area contributed by atoms with Crippen LogP contribution in [0, 0.1) is 0 Å². The third-order valence-electron chi connectivity index (χ3n) is 2.33. The fourth-order valence-electron chi connectivity index (χ4n) is 1.62. The van der Waals surface area contributed by atoms with Crippen LogP contribution in [0.1, 0.15) is 12.0 Å². The molecule has 0 spiro atoms. The van der Waals surface area contributed by atoms with Crippen LogP contribution in [0.4, 0.5) is 0 Å². The zero-order chi connectivity index (χ0) is 9.97. The predicted molar refractivity (Wildman–Crippen MR) is 53.7 cm³/mol. The summed E-state index contributed by atoms with van der Waals surface area (Å²) in [5, 5.41) is 0. The molecule has 16 heavy (non-hydrogen) atoms. The molecule has 0 unspecified atom stereocenters. The molecule has 83 valence electrons. The molecule has 0 radical (unpaired) electrons. The van der Waals surface area contributed by atoms with Crippen LogP contribution in [0.2, 0.25) is 0 Å². The summed E-state index contributed by atoms with van der Waals surface area (Å²) in [4.78, 5) is 0. The van der Waals surface area contributed by atoms with E-state index >= 15 is 0 Å². The van der Waals surface area contributed by atoms with Gasteiger partial charge in [-0.15, -0.1) is 0 Å². The molecule has 1 nitrogen and oxygen atoms in total. The third kappa shape index (κ3) is 3.15. The van der Waals surface area contributed by atoms with Crippen molar-refractivity contribution >= 4 is 5.57 Å². The molecule has 0 fully saturated rings. The second kappa shape index (κ2) is 7.18. The van der Waals surface area contributed by atoms with E-state index in [4.69, 9.17) is 4.74 Å². The summed E-state index contributed by atoms with van der Waals surface area (Å²) in [6, 6.07) is 8.15. The van der Waals surface area contributed by atoms with Gasteiger partial charge < -0.3 is 24.8 Å². The van der Waals surface area contributed by atoms with Gasteiger partial charge in [-0.2, -0.15) is 0 Å². The topological polar surface area (TPSA) is 9.23 Å². The fourth-order valence-corrected chi connectivity index (χ4v) is 2.15. The van der Waals surface area contributed by atoms with Gasteiger partial charge in [-0.1, -0.05) is 0 Å². The van der Waals surface area contributed by atoms with Crippen molar-refractivity contribution in [1.82, 2.24) is 0 Å². The SMILES string of the molecule is COc1ccccc1C1=[C]([Ti+2])CC=C1.[Cl-].[Cl-]. The fraction of sp³-hybridized carbons (Fsp3) is 0.167. The Balaban J connectivity index is 0.00000112. The summed E-state index contributed by atoms with van der Waals surface area (Å²) in [6.45, 7) is 0. The molecule has 0 amide bonds. The quantitative estimate of drug-likeness (QED) is 0.525. The number of hydrogen-bond donors (Lipinski definition) is 0. The summed E-state index contributed by atoms with van der Waals surface area (Å²) in [7, 11) is 1.72. The Kier molecular flexibility index (Phi) is 7.09. The number of allylic oxidation sites excluding steroid dienone is 4. The Bertz CT molecular complexity index is 413. The van der Waals surface area contributed by atoms with Crippen molar-refractivity contribution < 1.29 is 50.0 Å². The van der Waals surface area contributed by atoms with Crippen molar-refractivity contribution in [3.8, 4) is 5.75 Å². The second-order valence-corrected chi connectivity index (χ2v) is 4.14. The number of halogens is 2. The van der Waals surface area contributed by atoms with E-state index in [1.807, 2.05) is 18.2 Å². The molecular formula is C12H11Cl2OTi. The molecular weight excluding hydrogens is 279 g/mol. The minimum atomic E-state index is 0. The first kappa shape index (κ1) is 15.8. The molecule has 1 aromatic carbocycles. The van der Waals surface area contributed by atoms with Gasteiger partial charge in [0.25, 0.3) is 0 Å². The molecule has 0 saturated heterocycles. The standard InChI is InChI=1S/C12H11O.2ClH.Ti/c1-13-12-9-5-4-8-11(12)10-6-2-3-7-10;;;/h2,4-6,8-9H,3H2,1H3;2*1H;/q;;;+2/p-2. The van der Waals surface area contributed by atoms with Gasteiger partial charge in [0.2, 0.25) is 0 Å². The van der Waals surface area contributed by atoms with Crippen molar-refractivity contribution in [3.05, 3.63) is 45.9 Å². The molecule has 1 aromatic rings. The van der Waals surface area contributed by atoms with E-state index in [9.17, 15) is 0 Å². The maximum Gasteiger partial charge on any atom is -1.00 e. The molecule has 0 heterocycles. The van der Waals surface area contributed by atoms with Crippen LogP contribution in [-0.2, 0) is 20.4 Å². The molecule has 0 N–H and O–H groups in total. The zero-order valence-electron chi connectivity index (χ0n) is 8.84. The summed E-state index contributed by atoms with van der Waals surface area (Å²) < 4.78 is 6.75. The Morgan fingerprint density at radius 3 is 2.44 bits per heavy atom. The van der Waals surface area contributed by atoms with E-state index in [0.717, 1.165) is 12.2 Å². The number of hydrogen-bond acceptors (Lipinski definition) is 1. The van der Waals surface area contributed by atoms with Gasteiger partial charge in [-0.05, 0) is 0 Å². The summed E-state index contributed by atoms with van der Waals surface area (Å²) in [5.41, 5.74) is 2.50. The third-order valence-corrected chi connectivity index (χ3v) is 3.07. The van der Waals surface area contributed by atoms with Crippen molar-refractivity contribution in [3.63, 3.8) is 0 Å². The summed E-state index contributed by atoms with van der Waals surface area (Å²) in [6.07, 6.45) is 5.43. The normalized spacial score (nSPS) is 13.2. The Labute approximate surface area is 120 Å². The first-order valence-electron chi connectivity index (χ1n) is 4.57. The van der Waals surface area contributed by atoms with Gasteiger partial charge >= 0.3 is 95.9 Å². The minimum Gasteiger partial charge on any atom is -1.00 e. The average molecular weight is 290 g/mol. The van der Waals surface area contributed by atoms with Crippen LogP contribution >= 0.6 is 0 Å². The molecule has 0 saturated carbocycles. The first-order chi connectivity index (χ1) is 6.83. The van der Waals surface area contributed by atoms with Gasteiger partial charge in [0.15, 0.2) is 0 Å². The zero-order valence-corrected chi connectivity index (χ0v) is 11.9. The number of ether oxygens (including phenoxy) is 1. The van der Waals surface area contributed by atoms with Crippen LogP contribution in [0.15, 0.2) is 40.3 Å². The molecule has 0 bridgehead atoms. The van der Waals surface area contributed by atoms with E-state index < -0.39 is 0 Å². The summed E-state index contributed by atoms with van der Waals surface area (Å²) >= 11 is 2.17. The number of benzene rings is 1. The van der Waals surface area contributed by atoms with Gasteiger partial charge in [-0.25, -0.2) is 0 Å². The van der Waals surface area contributed by atoms with Crippen LogP contribution in [0.25, 0.3) is 5.57 Å². The monoisotopic (exact) mass is 289 g/mol. The molecule has 4 heteroatoms. The Hall–Kier alpha value is -0.206. The maximum atomic E-state index is 5.34. The average Bonchev–Trinajstić information content (AvgIpc) is 2.64. The summed E-state index contributed by atoms with van der Waals surface area (Å²) in [5.74, 6) is 0.952. The van der Waals surface area contributed by atoms with E-state index in [2.05, 4.69) is 38.7 Å². The van der Waals surface area contributed by atoms with Crippen molar-refractivity contribution in [2.75, 3.05) is 7.11 Å². The van der Waals surface area contributed by atoms with E-state index in [0.29, 0.717) is 0 Å². The van der Waals surface area contributed by atoms with Crippen molar-refractivity contribution in [2.24, 2.45) is 0 Å². The molecule has 0 atom stereocenters. The van der Waals surface area contributed by atoms with Gasteiger partial charge in [-0.3, -0.25) is 0 Å². The minimum absolute atomic E-state index is 0. The smallest absolute Gasteiger partial charge is 1.00 e. The van der Waals surface area contributed by atoms with E-state index in [1.54, 1.807) is 7.11 Å². The predicted octanol–water partition coefficient (Wildman–Crippen LogP) is -3.08. The van der Waals surface area contributed by atoms with Crippen LogP contribution < -0.4 is 29.6 Å². The molecule has 1 aliphatic rings. The first-order valence-corrected chi connectivity index (χ1v) is 5.35. The van der Waals surface area contributed by atoms with Crippen molar-refractivity contribution in [2.45, 2.75) is 6.42 Å². The van der Waals surface area contributed by atoms with Crippen LogP contribution in [0.3, 0.4) is 0 Å². The van der Waals surface area contributed by atoms with Gasteiger partial charge in [0.05, 0.1) is 0 Å². The Morgan fingerprint density at radius 1 is 1.19 bits per heavy atom. The van der Waals surface area contributed by atoms with Crippen LogP contribution in [-0.4, -0.2) is 7.11 Å². The van der Waals surface area contributed by atoms with Crippen LogP contribution in [0.5, 0.6) is 5.75 Å². The molecule has 0 aliphatic heterocycles. The number of methoxy groups -OCH3 is 1. The largest absolute Gasteiger partial charge is 1.00 e.